The smallest absolute Gasteiger partial charge is 0.274 e. The summed E-state index contributed by atoms with van der Waals surface area (Å²) in [5.41, 5.74) is 0.448. The van der Waals surface area contributed by atoms with E-state index in [1.165, 1.54) is 13.2 Å². The highest BCUT2D eigenvalue weighted by atomic mass is 35.5. The molecule has 0 N–H and O–H groups in total. The molecule has 0 radical (unpaired) electrons. The molecule has 2 aromatic rings. The number of ether oxygens (including phenoxy) is 1. The minimum absolute atomic E-state index is 0.116. The van der Waals surface area contributed by atoms with Crippen molar-refractivity contribution in [3.8, 4) is 5.75 Å². The van der Waals surface area contributed by atoms with Gasteiger partial charge in [0.15, 0.2) is 5.78 Å². The number of methoxy groups -OCH3 is 1. The van der Waals surface area contributed by atoms with Crippen molar-refractivity contribution in [1.82, 2.24) is 10.0 Å². The van der Waals surface area contributed by atoms with Gasteiger partial charge in [0, 0.05) is 5.56 Å². The number of ketones is 1. The fourth-order valence-electron chi connectivity index (χ4n) is 4.62. The van der Waals surface area contributed by atoms with Gasteiger partial charge in [-0.2, -0.15) is 5.01 Å². The lowest BCUT2D eigenvalue weighted by atomic mass is 9.76. The van der Waals surface area contributed by atoms with Gasteiger partial charge < -0.3 is 4.74 Å². The molecule has 2 aromatic carbocycles. The molecule has 2 aliphatic rings. The molecule has 2 fully saturated rings. The first-order valence-corrected chi connectivity index (χ1v) is 11.3. The quantitative estimate of drug-likeness (QED) is 0.472. The molecular formula is C25H25ClN2O5. The van der Waals surface area contributed by atoms with Crippen molar-refractivity contribution in [3.63, 3.8) is 0 Å². The van der Waals surface area contributed by atoms with Crippen molar-refractivity contribution in [2.45, 2.75) is 26.2 Å². The molecule has 7 nitrogen and oxygen atoms in total. The highest BCUT2D eigenvalue weighted by Gasteiger charge is 2.52. The minimum atomic E-state index is -0.671. The first kappa shape index (κ1) is 23.0. The van der Waals surface area contributed by atoms with Crippen LogP contribution in [0.4, 0.5) is 0 Å². The van der Waals surface area contributed by atoms with Gasteiger partial charge in [-0.3, -0.25) is 19.2 Å². The summed E-state index contributed by atoms with van der Waals surface area (Å²) in [6.07, 6.45) is 2.02. The number of halogens is 1. The maximum absolute atomic E-state index is 13.5. The Hall–Kier alpha value is -3.19. The molecular weight excluding hydrogens is 444 g/mol. The van der Waals surface area contributed by atoms with Crippen LogP contribution in [0.15, 0.2) is 48.5 Å². The number of benzene rings is 2. The van der Waals surface area contributed by atoms with Crippen molar-refractivity contribution in [3.05, 3.63) is 64.7 Å². The highest BCUT2D eigenvalue weighted by molar-refractivity contribution is 6.34. The molecule has 33 heavy (non-hydrogen) atoms. The maximum atomic E-state index is 13.5. The van der Waals surface area contributed by atoms with E-state index in [1.807, 2.05) is 0 Å². The molecule has 4 rings (SSSR count). The van der Waals surface area contributed by atoms with Gasteiger partial charge in [0.05, 0.1) is 29.5 Å². The number of rotatable bonds is 6. The number of hydrogen-bond acceptors (Lipinski definition) is 5. The van der Waals surface area contributed by atoms with Crippen LogP contribution in [0, 0.1) is 17.8 Å². The van der Waals surface area contributed by atoms with Crippen LogP contribution in [0.1, 0.15) is 46.9 Å². The van der Waals surface area contributed by atoms with Gasteiger partial charge in [-0.25, -0.2) is 5.01 Å². The Kier molecular flexibility index (Phi) is 6.51. The van der Waals surface area contributed by atoms with Crippen LogP contribution >= 0.6 is 11.6 Å². The van der Waals surface area contributed by atoms with Crippen molar-refractivity contribution in [1.29, 1.82) is 0 Å². The van der Waals surface area contributed by atoms with E-state index in [0.29, 0.717) is 30.1 Å². The minimum Gasteiger partial charge on any atom is -0.497 e. The van der Waals surface area contributed by atoms with Crippen LogP contribution in [-0.4, -0.2) is 47.2 Å². The Labute approximate surface area is 197 Å². The number of amides is 3. The summed E-state index contributed by atoms with van der Waals surface area (Å²) < 4.78 is 5.12. The molecule has 8 heteroatoms. The van der Waals surface area contributed by atoms with Gasteiger partial charge in [-0.05, 0) is 61.6 Å². The molecule has 1 saturated heterocycles. The predicted octanol–water partition coefficient (Wildman–Crippen LogP) is 4.01. The summed E-state index contributed by atoms with van der Waals surface area (Å²) in [6.45, 7) is 1.58. The molecule has 1 heterocycles. The molecule has 1 aliphatic heterocycles. The lowest BCUT2D eigenvalue weighted by molar-refractivity contribution is -0.154. The number of carbonyl (C=O) groups is 4. The van der Waals surface area contributed by atoms with Crippen molar-refractivity contribution >= 4 is 35.1 Å². The van der Waals surface area contributed by atoms with Gasteiger partial charge in [0.1, 0.15) is 12.3 Å². The zero-order chi connectivity index (χ0) is 23.7. The van der Waals surface area contributed by atoms with E-state index in [0.717, 1.165) is 16.4 Å². The summed E-state index contributed by atoms with van der Waals surface area (Å²) in [5.74, 6) is -1.99. The largest absolute Gasteiger partial charge is 0.497 e. The van der Waals surface area contributed by atoms with Gasteiger partial charge in [-0.1, -0.05) is 30.7 Å². The summed E-state index contributed by atoms with van der Waals surface area (Å²) >= 11 is 6.24. The van der Waals surface area contributed by atoms with Crippen molar-refractivity contribution < 1.29 is 23.9 Å². The molecule has 3 atom stereocenters. The van der Waals surface area contributed by atoms with Gasteiger partial charge in [0.25, 0.3) is 17.7 Å². The van der Waals surface area contributed by atoms with Crippen LogP contribution in [0.25, 0.3) is 0 Å². The lowest BCUT2D eigenvalue weighted by Crippen LogP contribution is -2.52. The number of imide groups is 1. The van der Waals surface area contributed by atoms with Crippen LogP contribution < -0.4 is 4.74 Å². The van der Waals surface area contributed by atoms with E-state index < -0.39 is 41.9 Å². The zero-order valence-electron chi connectivity index (χ0n) is 18.5. The third-order valence-corrected chi connectivity index (χ3v) is 6.78. The molecule has 0 unspecified atom stereocenters. The van der Waals surface area contributed by atoms with E-state index in [4.69, 9.17) is 16.3 Å². The van der Waals surface area contributed by atoms with Crippen LogP contribution in [0.5, 0.6) is 5.75 Å². The van der Waals surface area contributed by atoms with E-state index in [2.05, 4.69) is 6.92 Å². The number of carbonyl (C=O) groups excluding carboxylic acids is 4. The van der Waals surface area contributed by atoms with E-state index in [1.54, 1.807) is 42.5 Å². The number of hydrogen-bond donors (Lipinski definition) is 0. The lowest BCUT2D eigenvalue weighted by Gasteiger charge is -2.30. The number of hydrazine groups is 1. The average Bonchev–Trinajstić information content (AvgIpc) is 3.06. The van der Waals surface area contributed by atoms with Crippen LogP contribution in [0.3, 0.4) is 0 Å². The molecule has 0 bridgehead atoms. The third kappa shape index (κ3) is 4.37. The fraction of sp³-hybridized carbons (Fsp3) is 0.360. The Bertz CT molecular complexity index is 1100. The summed E-state index contributed by atoms with van der Waals surface area (Å²) in [6, 6.07) is 12.8. The molecule has 172 valence electrons. The highest BCUT2D eigenvalue weighted by Crippen LogP contribution is 2.41. The average molecular weight is 469 g/mol. The molecule has 0 spiro atoms. The SMILES string of the molecule is COc1ccc(C(=O)CN(C(=O)c2ccccc2Cl)N2C(=O)[C@H]3C[C@H](C)CC[C@H]3C2=O)cc1. The second-order valence-electron chi connectivity index (χ2n) is 8.61. The van der Waals surface area contributed by atoms with Crippen LogP contribution in [-0.2, 0) is 9.59 Å². The fourth-order valence-corrected chi connectivity index (χ4v) is 4.84. The zero-order valence-corrected chi connectivity index (χ0v) is 19.2. The normalized spacial score (nSPS) is 22.2. The predicted molar refractivity (Wildman–Crippen MR) is 122 cm³/mol. The first-order valence-electron chi connectivity index (χ1n) is 10.9. The van der Waals surface area contributed by atoms with Gasteiger partial charge in [-0.15, -0.1) is 0 Å². The van der Waals surface area contributed by atoms with Gasteiger partial charge in [0.2, 0.25) is 0 Å². The van der Waals surface area contributed by atoms with Crippen LogP contribution in [0.2, 0.25) is 5.02 Å². The van der Waals surface area contributed by atoms with E-state index >= 15 is 0 Å². The Morgan fingerprint density at radius 3 is 2.36 bits per heavy atom. The van der Waals surface area contributed by atoms with E-state index in [9.17, 15) is 19.2 Å². The summed E-state index contributed by atoms with van der Waals surface area (Å²) in [4.78, 5) is 53.2. The summed E-state index contributed by atoms with van der Waals surface area (Å²) in [5, 5.41) is 2.02. The van der Waals surface area contributed by atoms with Crippen molar-refractivity contribution in [2.75, 3.05) is 13.7 Å². The maximum Gasteiger partial charge on any atom is 0.274 e. The Morgan fingerprint density at radius 2 is 1.70 bits per heavy atom. The Morgan fingerprint density at radius 1 is 1.03 bits per heavy atom. The van der Waals surface area contributed by atoms with E-state index in [-0.39, 0.29) is 10.6 Å². The number of fused-ring (bicyclic) bond motifs is 1. The topological polar surface area (TPSA) is 84.0 Å². The molecule has 1 aliphatic carbocycles. The monoisotopic (exact) mass is 468 g/mol. The second-order valence-corrected chi connectivity index (χ2v) is 9.02. The third-order valence-electron chi connectivity index (χ3n) is 6.45. The first-order chi connectivity index (χ1) is 15.8. The molecule has 1 saturated carbocycles. The van der Waals surface area contributed by atoms with Crippen molar-refractivity contribution in [2.24, 2.45) is 17.8 Å². The Balaban J connectivity index is 1.69. The number of Topliss-reactive ketones (excluding diaryl/α,β-unsaturated/α-hetero) is 1. The number of nitrogens with zero attached hydrogens (tertiary/aromatic N) is 2. The standard InChI is InChI=1S/C25H25ClN2O5/c1-15-7-12-18-20(13-15)25(32)28(24(18)31)27(23(30)19-5-3-4-6-21(19)26)14-22(29)16-8-10-17(33-2)11-9-16/h3-6,8-11,15,18,20H,7,12-14H2,1-2H3/t15-,18-,20+/m1/s1. The van der Waals surface area contributed by atoms with Gasteiger partial charge >= 0.3 is 0 Å². The molecule has 3 amide bonds. The second kappa shape index (κ2) is 9.35. The summed E-state index contributed by atoms with van der Waals surface area (Å²) in [7, 11) is 1.52. The molecule has 0 aromatic heterocycles.